The van der Waals surface area contributed by atoms with Gasteiger partial charge in [-0.05, 0) is 24.6 Å². The third-order valence-electron chi connectivity index (χ3n) is 3.43. The molecule has 114 valence electrons. The lowest BCUT2D eigenvalue weighted by Gasteiger charge is -2.11. The van der Waals surface area contributed by atoms with E-state index in [1.54, 1.807) is 6.92 Å². The van der Waals surface area contributed by atoms with Gasteiger partial charge in [-0.3, -0.25) is 0 Å². The molecule has 8 heteroatoms. The first kappa shape index (κ1) is 14.3. The van der Waals surface area contributed by atoms with Gasteiger partial charge in [0.2, 0.25) is 0 Å². The number of hydrogen-bond donors (Lipinski definition) is 1. The summed E-state index contributed by atoms with van der Waals surface area (Å²) in [4.78, 5) is 8.24. The molecule has 0 saturated heterocycles. The maximum absolute atomic E-state index is 12.6. The molecule has 0 spiro atoms. The Morgan fingerprint density at radius 3 is 2.50 bits per heavy atom. The number of nitrogen functional groups attached to an aromatic ring is 1. The molecular weight excluding hydrogens is 295 g/mol. The molecule has 0 fully saturated rings. The highest BCUT2D eigenvalue weighted by atomic mass is 19.4. The lowest BCUT2D eigenvalue weighted by atomic mass is 10.0. The van der Waals surface area contributed by atoms with Gasteiger partial charge >= 0.3 is 6.18 Å². The van der Waals surface area contributed by atoms with Gasteiger partial charge in [-0.1, -0.05) is 12.1 Å². The highest BCUT2D eigenvalue weighted by Crippen LogP contribution is 2.29. The maximum atomic E-state index is 12.6. The van der Waals surface area contributed by atoms with Gasteiger partial charge in [-0.15, -0.1) is 0 Å². The summed E-state index contributed by atoms with van der Waals surface area (Å²) >= 11 is 0. The van der Waals surface area contributed by atoms with Crippen LogP contribution >= 0.6 is 0 Å². The molecule has 2 heterocycles. The Bertz CT molecular complexity index is 821. The van der Waals surface area contributed by atoms with Crippen molar-refractivity contribution in [3.05, 3.63) is 53.0 Å². The van der Waals surface area contributed by atoms with Crippen LogP contribution in [0.1, 0.15) is 22.4 Å². The number of alkyl halides is 3. The number of nitrogens with zero attached hydrogens (tertiary/aromatic N) is 4. The van der Waals surface area contributed by atoms with Crippen molar-refractivity contribution in [2.24, 2.45) is 0 Å². The van der Waals surface area contributed by atoms with Crippen LogP contribution in [0.15, 0.2) is 30.6 Å². The van der Waals surface area contributed by atoms with Gasteiger partial charge in [0, 0.05) is 17.7 Å². The smallest absolute Gasteiger partial charge is 0.383 e. The monoisotopic (exact) mass is 307 g/mol. The van der Waals surface area contributed by atoms with Gasteiger partial charge in [0.25, 0.3) is 5.78 Å². The highest BCUT2D eigenvalue weighted by Gasteiger charge is 2.29. The Morgan fingerprint density at radius 1 is 1.18 bits per heavy atom. The minimum Gasteiger partial charge on any atom is -0.383 e. The largest absolute Gasteiger partial charge is 0.416 e. The average Bonchev–Trinajstić information content (AvgIpc) is 2.91. The van der Waals surface area contributed by atoms with Crippen LogP contribution in [0.3, 0.4) is 0 Å². The minimum absolute atomic E-state index is 0.374. The van der Waals surface area contributed by atoms with Crippen LogP contribution in [-0.2, 0) is 12.6 Å². The van der Waals surface area contributed by atoms with Crippen molar-refractivity contribution in [1.29, 1.82) is 0 Å². The predicted molar refractivity (Wildman–Crippen MR) is 74.2 cm³/mol. The van der Waals surface area contributed by atoms with E-state index in [9.17, 15) is 13.2 Å². The van der Waals surface area contributed by atoms with Crippen LogP contribution in [0.25, 0.3) is 5.78 Å². The number of halogens is 3. The van der Waals surface area contributed by atoms with E-state index < -0.39 is 11.7 Å². The molecule has 5 nitrogen and oxygen atoms in total. The van der Waals surface area contributed by atoms with Crippen molar-refractivity contribution in [3.63, 3.8) is 0 Å². The van der Waals surface area contributed by atoms with Crippen molar-refractivity contribution >= 4 is 11.6 Å². The number of anilines is 1. The van der Waals surface area contributed by atoms with Crippen LogP contribution in [-0.4, -0.2) is 19.6 Å². The summed E-state index contributed by atoms with van der Waals surface area (Å²) in [6.45, 7) is 1.78. The fourth-order valence-electron chi connectivity index (χ4n) is 2.25. The van der Waals surface area contributed by atoms with Crippen molar-refractivity contribution in [1.82, 2.24) is 19.6 Å². The minimum atomic E-state index is -4.34. The number of benzene rings is 1. The lowest BCUT2D eigenvalue weighted by Crippen LogP contribution is -2.09. The van der Waals surface area contributed by atoms with Gasteiger partial charge in [-0.2, -0.15) is 27.8 Å². The summed E-state index contributed by atoms with van der Waals surface area (Å²) in [5, 5.41) is 3.98. The number of hydrogen-bond acceptors (Lipinski definition) is 4. The van der Waals surface area contributed by atoms with Crippen LogP contribution in [0, 0.1) is 6.92 Å². The zero-order valence-electron chi connectivity index (χ0n) is 11.6. The zero-order chi connectivity index (χ0) is 15.9. The predicted octanol–water partition coefficient (Wildman–Crippen LogP) is 2.62. The summed E-state index contributed by atoms with van der Waals surface area (Å²) in [5.74, 6) is 0.783. The second-order valence-electron chi connectivity index (χ2n) is 4.90. The Kier molecular flexibility index (Phi) is 3.23. The van der Waals surface area contributed by atoms with E-state index in [0.717, 1.165) is 17.7 Å². The molecule has 0 saturated carbocycles. The third-order valence-corrected chi connectivity index (χ3v) is 3.43. The summed E-state index contributed by atoms with van der Waals surface area (Å²) in [6, 6.07) is 4.99. The molecule has 1 aromatic carbocycles. The van der Waals surface area contributed by atoms with E-state index in [1.807, 2.05) is 0 Å². The van der Waals surface area contributed by atoms with Crippen LogP contribution in [0.5, 0.6) is 0 Å². The second-order valence-corrected chi connectivity index (χ2v) is 4.90. The molecular formula is C14H12F3N5. The molecule has 0 unspecified atom stereocenters. The van der Waals surface area contributed by atoms with Gasteiger partial charge in [0.05, 0.1) is 5.56 Å². The lowest BCUT2D eigenvalue weighted by molar-refractivity contribution is -0.137. The van der Waals surface area contributed by atoms with Gasteiger partial charge in [0.1, 0.15) is 12.1 Å². The number of rotatable bonds is 2. The SMILES string of the molecule is Cc1nc2ncnn2c(N)c1Cc1ccc(C(F)(F)F)cc1. The number of fused-ring (bicyclic) bond motifs is 1. The molecule has 22 heavy (non-hydrogen) atoms. The first-order chi connectivity index (χ1) is 10.4. The normalized spacial score (nSPS) is 12.0. The quantitative estimate of drug-likeness (QED) is 0.790. The first-order valence-corrected chi connectivity index (χ1v) is 6.47. The summed E-state index contributed by atoms with van der Waals surface area (Å²) in [6.07, 6.45) is -2.62. The Labute approximate surface area is 123 Å². The van der Waals surface area contributed by atoms with Crippen LogP contribution in [0.4, 0.5) is 19.0 Å². The van der Waals surface area contributed by atoms with Gasteiger partial charge < -0.3 is 5.73 Å². The van der Waals surface area contributed by atoms with E-state index in [-0.39, 0.29) is 0 Å². The topological polar surface area (TPSA) is 69.1 Å². The van der Waals surface area contributed by atoms with Gasteiger partial charge in [0.15, 0.2) is 0 Å². The van der Waals surface area contributed by atoms with E-state index in [4.69, 9.17) is 5.73 Å². The summed E-state index contributed by atoms with van der Waals surface area (Å²) in [5.41, 5.74) is 7.49. The van der Waals surface area contributed by atoms with E-state index in [0.29, 0.717) is 29.3 Å². The fraction of sp³-hybridized carbons (Fsp3) is 0.214. The van der Waals surface area contributed by atoms with Crippen molar-refractivity contribution < 1.29 is 13.2 Å². The molecule has 0 aliphatic carbocycles. The molecule has 0 atom stereocenters. The molecule has 3 rings (SSSR count). The number of nitrogens with two attached hydrogens (primary N) is 1. The molecule has 0 amide bonds. The Hall–Kier alpha value is -2.64. The summed E-state index contributed by atoms with van der Waals surface area (Å²) < 4.78 is 39.1. The van der Waals surface area contributed by atoms with Crippen LogP contribution < -0.4 is 5.73 Å². The zero-order valence-corrected chi connectivity index (χ0v) is 11.6. The molecule has 2 aromatic heterocycles. The summed E-state index contributed by atoms with van der Waals surface area (Å²) in [7, 11) is 0. The van der Waals surface area contributed by atoms with E-state index in [1.165, 1.54) is 23.0 Å². The molecule has 0 aliphatic heterocycles. The standard InChI is InChI=1S/C14H12F3N5/c1-8-11(12(18)22-13(21-8)19-7-20-22)6-9-2-4-10(5-3-9)14(15,16)17/h2-5,7H,6,18H2,1H3. The van der Waals surface area contributed by atoms with E-state index >= 15 is 0 Å². The maximum Gasteiger partial charge on any atom is 0.416 e. The van der Waals surface area contributed by atoms with E-state index in [2.05, 4.69) is 15.1 Å². The van der Waals surface area contributed by atoms with Crippen molar-refractivity contribution in [2.45, 2.75) is 19.5 Å². The number of aromatic nitrogens is 4. The Balaban J connectivity index is 1.96. The second kappa shape index (κ2) is 4.97. The third kappa shape index (κ3) is 2.47. The highest BCUT2D eigenvalue weighted by molar-refractivity contribution is 5.51. The average molecular weight is 307 g/mol. The van der Waals surface area contributed by atoms with Crippen molar-refractivity contribution in [2.75, 3.05) is 5.73 Å². The van der Waals surface area contributed by atoms with Gasteiger partial charge in [-0.25, -0.2) is 4.98 Å². The molecule has 3 aromatic rings. The first-order valence-electron chi connectivity index (χ1n) is 6.47. The van der Waals surface area contributed by atoms with Crippen molar-refractivity contribution in [3.8, 4) is 0 Å². The molecule has 2 N–H and O–H groups in total. The fourth-order valence-corrected chi connectivity index (χ4v) is 2.25. The Morgan fingerprint density at radius 2 is 1.86 bits per heavy atom. The molecule has 0 bridgehead atoms. The number of aryl methyl sites for hydroxylation is 1. The molecule has 0 radical (unpaired) electrons. The van der Waals surface area contributed by atoms with Crippen LogP contribution in [0.2, 0.25) is 0 Å². The molecule has 0 aliphatic rings.